The van der Waals surface area contributed by atoms with Crippen molar-refractivity contribution in [2.24, 2.45) is 0 Å². The third-order valence-electron chi connectivity index (χ3n) is 4.15. The standard InChI is InChI=1S/C13H19BrN4O2/c1-17(2)13(5-3-4-6-13)9-16-12-10(14)7-15-8-11(12)18(19)20/h7-8H,3-6,9H2,1-2H3,(H,15,16). The van der Waals surface area contributed by atoms with Gasteiger partial charge in [-0.05, 0) is 42.9 Å². The molecule has 1 aliphatic carbocycles. The van der Waals surface area contributed by atoms with Gasteiger partial charge in [-0.1, -0.05) is 12.8 Å². The largest absolute Gasteiger partial charge is 0.377 e. The van der Waals surface area contributed by atoms with Crippen LogP contribution in [0.15, 0.2) is 16.9 Å². The Hall–Kier alpha value is -1.21. The van der Waals surface area contributed by atoms with Gasteiger partial charge in [0.05, 0.1) is 9.40 Å². The van der Waals surface area contributed by atoms with E-state index in [-0.39, 0.29) is 11.2 Å². The highest BCUT2D eigenvalue weighted by Gasteiger charge is 2.36. The average molecular weight is 343 g/mol. The molecular weight excluding hydrogens is 324 g/mol. The van der Waals surface area contributed by atoms with E-state index in [1.54, 1.807) is 6.20 Å². The van der Waals surface area contributed by atoms with Crippen LogP contribution in [0.2, 0.25) is 0 Å². The Morgan fingerprint density at radius 1 is 1.45 bits per heavy atom. The number of hydrogen-bond acceptors (Lipinski definition) is 5. The van der Waals surface area contributed by atoms with E-state index in [1.807, 2.05) is 0 Å². The summed E-state index contributed by atoms with van der Waals surface area (Å²) < 4.78 is 0.624. The van der Waals surface area contributed by atoms with Crippen LogP contribution in [0.4, 0.5) is 11.4 Å². The summed E-state index contributed by atoms with van der Waals surface area (Å²) in [6, 6.07) is 0. The number of aromatic nitrogens is 1. The van der Waals surface area contributed by atoms with Crippen LogP contribution in [0.1, 0.15) is 25.7 Å². The molecule has 1 aromatic heterocycles. The van der Waals surface area contributed by atoms with Crippen molar-refractivity contribution in [2.75, 3.05) is 26.0 Å². The predicted molar refractivity (Wildman–Crippen MR) is 82.0 cm³/mol. The van der Waals surface area contributed by atoms with Crippen molar-refractivity contribution in [3.8, 4) is 0 Å². The van der Waals surface area contributed by atoms with Crippen molar-refractivity contribution in [3.63, 3.8) is 0 Å². The summed E-state index contributed by atoms with van der Waals surface area (Å²) in [6.07, 6.45) is 7.50. The molecule has 1 N–H and O–H groups in total. The summed E-state index contributed by atoms with van der Waals surface area (Å²) >= 11 is 3.34. The maximum atomic E-state index is 11.1. The summed E-state index contributed by atoms with van der Waals surface area (Å²) in [5.74, 6) is 0. The number of nitrogens with zero attached hydrogens (tertiary/aromatic N) is 3. The van der Waals surface area contributed by atoms with Crippen LogP contribution in [0.25, 0.3) is 0 Å². The number of halogens is 1. The number of anilines is 1. The molecule has 7 heteroatoms. The van der Waals surface area contributed by atoms with Gasteiger partial charge in [0.15, 0.2) is 0 Å². The van der Waals surface area contributed by atoms with Crippen LogP contribution in [0, 0.1) is 10.1 Å². The van der Waals surface area contributed by atoms with Crippen LogP contribution in [0.3, 0.4) is 0 Å². The first-order chi connectivity index (χ1) is 9.46. The topological polar surface area (TPSA) is 71.3 Å². The van der Waals surface area contributed by atoms with E-state index in [0.717, 1.165) is 12.8 Å². The molecule has 0 saturated heterocycles. The molecule has 0 radical (unpaired) electrons. The zero-order valence-electron chi connectivity index (χ0n) is 11.7. The van der Waals surface area contributed by atoms with E-state index >= 15 is 0 Å². The first-order valence-electron chi connectivity index (χ1n) is 6.65. The summed E-state index contributed by atoms with van der Waals surface area (Å²) in [4.78, 5) is 16.8. The van der Waals surface area contributed by atoms with Gasteiger partial charge in [0.25, 0.3) is 0 Å². The number of pyridine rings is 1. The molecule has 1 fully saturated rings. The van der Waals surface area contributed by atoms with Crippen LogP contribution < -0.4 is 5.32 Å². The van der Waals surface area contributed by atoms with Crippen LogP contribution in [-0.4, -0.2) is 41.0 Å². The Morgan fingerprint density at radius 3 is 2.65 bits per heavy atom. The van der Waals surface area contributed by atoms with Gasteiger partial charge in [-0.15, -0.1) is 0 Å². The molecule has 0 bridgehead atoms. The molecular formula is C13H19BrN4O2. The van der Waals surface area contributed by atoms with Crippen LogP contribution >= 0.6 is 15.9 Å². The molecule has 1 heterocycles. The van der Waals surface area contributed by atoms with Crippen molar-refractivity contribution in [3.05, 3.63) is 27.0 Å². The van der Waals surface area contributed by atoms with Crippen molar-refractivity contribution in [2.45, 2.75) is 31.2 Å². The molecule has 0 aromatic carbocycles. The van der Waals surface area contributed by atoms with Gasteiger partial charge in [0.2, 0.25) is 0 Å². The minimum atomic E-state index is -0.406. The van der Waals surface area contributed by atoms with E-state index in [4.69, 9.17) is 0 Å². The Labute approximate surface area is 126 Å². The second-order valence-corrected chi connectivity index (χ2v) is 6.31. The summed E-state index contributed by atoms with van der Waals surface area (Å²) in [5.41, 5.74) is 0.598. The third-order valence-corrected chi connectivity index (χ3v) is 4.75. The van der Waals surface area contributed by atoms with Gasteiger partial charge in [0.1, 0.15) is 11.9 Å². The third kappa shape index (κ3) is 2.93. The maximum Gasteiger partial charge on any atom is 0.311 e. The first-order valence-corrected chi connectivity index (χ1v) is 7.45. The average Bonchev–Trinajstić information content (AvgIpc) is 2.87. The zero-order valence-corrected chi connectivity index (χ0v) is 13.3. The Balaban J connectivity index is 2.20. The van der Waals surface area contributed by atoms with E-state index in [2.05, 4.69) is 45.2 Å². The molecule has 0 unspecified atom stereocenters. The van der Waals surface area contributed by atoms with Gasteiger partial charge in [0, 0.05) is 18.3 Å². The fourth-order valence-corrected chi connectivity index (χ4v) is 3.27. The molecule has 0 aliphatic heterocycles. The lowest BCUT2D eigenvalue weighted by Gasteiger charge is -2.36. The van der Waals surface area contributed by atoms with Gasteiger partial charge < -0.3 is 10.2 Å². The smallest absolute Gasteiger partial charge is 0.311 e. The highest BCUT2D eigenvalue weighted by atomic mass is 79.9. The normalized spacial score (nSPS) is 17.4. The lowest BCUT2D eigenvalue weighted by atomic mass is 9.96. The zero-order chi connectivity index (χ0) is 14.8. The Kier molecular flexibility index (Phi) is 4.59. The van der Waals surface area contributed by atoms with Crippen molar-refractivity contribution >= 4 is 27.3 Å². The number of likely N-dealkylation sites (N-methyl/N-ethyl adjacent to an activating group) is 1. The van der Waals surface area contributed by atoms with Gasteiger partial charge >= 0.3 is 5.69 Å². The van der Waals surface area contributed by atoms with Gasteiger partial charge in [-0.3, -0.25) is 15.1 Å². The van der Waals surface area contributed by atoms with Crippen molar-refractivity contribution in [1.29, 1.82) is 0 Å². The van der Waals surface area contributed by atoms with E-state index in [9.17, 15) is 10.1 Å². The van der Waals surface area contributed by atoms with E-state index in [0.29, 0.717) is 16.7 Å². The highest BCUT2D eigenvalue weighted by molar-refractivity contribution is 9.10. The van der Waals surface area contributed by atoms with Gasteiger partial charge in [-0.2, -0.15) is 0 Å². The maximum absolute atomic E-state index is 11.1. The van der Waals surface area contributed by atoms with E-state index in [1.165, 1.54) is 19.0 Å². The highest BCUT2D eigenvalue weighted by Crippen LogP contribution is 2.36. The van der Waals surface area contributed by atoms with E-state index < -0.39 is 4.92 Å². The predicted octanol–water partition coefficient (Wildman–Crippen LogP) is 3.04. The second-order valence-electron chi connectivity index (χ2n) is 5.45. The number of hydrogen-bond donors (Lipinski definition) is 1. The molecule has 6 nitrogen and oxygen atoms in total. The lowest BCUT2D eigenvalue weighted by Crippen LogP contribution is -2.47. The Bertz CT molecular complexity index is 501. The summed E-state index contributed by atoms with van der Waals surface area (Å²) in [5, 5.41) is 14.3. The Morgan fingerprint density at radius 2 is 2.10 bits per heavy atom. The van der Waals surface area contributed by atoms with Gasteiger partial charge in [-0.25, -0.2) is 0 Å². The fourth-order valence-electron chi connectivity index (χ4n) is 2.81. The first kappa shape index (κ1) is 15.2. The minimum Gasteiger partial charge on any atom is -0.377 e. The SMILES string of the molecule is CN(C)C1(CNc2c(Br)cncc2[N+](=O)[O-])CCCC1. The molecule has 110 valence electrons. The molecule has 0 atom stereocenters. The second kappa shape index (κ2) is 6.05. The summed E-state index contributed by atoms with van der Waals surface area (Å²) in [7, 11) is 4.14. The number of nitro groups is 1. The van der Waals surface area contributed by atoms with Crippen LogP contribution in [-0.2, 0) is 0 Å². The number of nitrogens with one attached hydrogen (secondary N) is 1. The molecule has 0 spiro atoms. The minimum absolute atomic E-state index is 0.00581. The summed E-state index contributed by atoms with van der Waals surface area (Å²) in [6.45, 7) is 0.698. The molecule has 1 saturated carbocycles. The molecule has 1 aromatic rings. The van der Waals surface area contributed by atoms with Crippen molar-refractivity contribution < 1.29 is 4.92 Å². The lowest BCUT2D eigenvalue weighted by molar-refractivity contribution is -0.384. The molecule has 1 aliphatic rings. The van der Waals surface area contributed by atoms with Crippen molar-refractivity contribution in [1.82, 2.24) is 9.88 Å². The fraction of sp³-hybridized carbons (Fsp3) is 0.615. The molecule has 2 rings (SSSR count). The monoisotopic (exact) mass is 342 g/mol. The molecule has 0 amide bonds. The number of rotatable bonds is 5. The quantitative estimate of drug-likeness (QED) is 0.657. The van der Waals surface area contributed by atoms with Crippen LogP contribution in [0.5, 0.6) is 0 Å². The molecule has 20 heavy (non-hydrogen) atoms.